The molecule has 2 rings (SSSR count). The lowest BCUT2D eigenvalue weighted by Gasteiger charge is -2.31. The number of benzene rings is 1. The van der Waals surface area contributed by atoms with E-state index in [0.717, 1.165) is 0 Å². The van der Waals surface area contributed by atoms with Crippen LogP contribution in [0.2, 0.25) is 0 Å². The number of alkyl halides is 1. The van der Waals surface area contributed by atoms with E-state index in [-0.39, 0.29) is 16.9 Å². The van der Waals surface area contributed by atoms with Crippen molar-refractivity contribution in [2.45, 2.75) is 4.87 Å². The van der Waals surface area contributed by atoms with Gasteiger partial charge in [0.05, 0.1) is 17.2 Å². The lowest BCUT2D eigenvalue weighted by molar-refractivity contribution is 0.0944. The summed E-state index contributed by atoms with van der Waals surface area (Å²) in [6, 6.07) is 9.45. The Morgan fingerprint density at radius 2 is 1.74 bits per heavy atom. The Morgan fingerprint density at radius 1 is 1.21 bits per heavy atom. The van der Waals surface area contributed by atoms with Crippen molar-refractivity contribution in [1.82, 2.24) is 0 Å². The highest BCUT2D eigenvalue weighted by Gasteiger charge is 2.53. The third-order valence-electron chi connectivity index (χ3n) is 2.94. The molecule has 0 saturated carbocycles. The summed E-state index contributed by atoms with van der Waals surface area (Å²) < 4.78 is 0. The van der Waals surface area contributed by atoms with E-state index in [0.29, 0.717) is 0 Å². The topological polar surface area (TPSA) is 84.9 Å². The van der Waals surface area contributed by atoms with Crippen LogP contribution >= 0.6 is 23.2 Å². The third-order valence-corrected chi connectivity index (χ3v) is 4.09. The Balaban J connectivity index is 2.77. The Hall–Kier alpha value is -2.01. The van der Waals surface area contributed by atoms with Gasteiger partial charge in [-0.25, -0.2) is 0 Å². The molecule has 0 radical (unpaired) electrons. The van der Waals surface area contributed by atoms with Gasteiger partial charge in [0.15, 0.2) is 16.6 Å². The highest BCUT2D eigenvalue weighted by atomic mass is 35.5. The van der Waals surface area contributed by atoms with Crippen LogP contribution in [0, 0.1) is 28.6 Å². The largest absolute Gasteiger partial charge is 0.506 e. The quantitative estimate of drug-likeness (QED) is 0.806. The first-order valence-electron chi connectivity index (χ1n) is 5.20. The molecule has 0 amide bonds. The molecular weight excluding hydrogens is 287 g/mol. The average Bonchev–Trinajstić information content (AvgIpc) is 2.44. The molecule has 0 aromatic heterocycles. The van der Waals surface area contributed by atoms with Crippen molar-refractivity contribution in [1.29, 1.82) is 10.5 Å². The lowest BCUT2D eigenvalue weighted by atomic mass is 9.79. The number of fused-ring (bicyclic) bond motifs is 1. The van der Waals surface area contributed by atoms with Crippen LogP contribution in [0.4, 0.5) is 0 Å². The van der Waals surface area contributed by atoms with Gasteiger partial charge < -0.3 is 5.11 Å². The molecule has 0 bridgehead atoms. The fourth-order valence-electron chi connectivity index (χ4n) is 1.94. The molecule has 1 aromatic carbocycles. The summed E-state index contributed by atoms with van der Waals surface area (Å²) in [6.45, 7) is 0. The van der Waals surface area contributed by atoms with Gasteiger partial charge >= 0.3 is 0 Å². The summed E-state index contributed by atoms with van der Waals surface area (Å²) in [6.07, 6.45) is 0. The summed E-state index contributed by atoms with van der Waals surface area (Å²) in [4.78, 5) is 10.3. The highest BCUT2D eigenvalue weighted by Crippen LogP contribution is 2.46. The van der Waals surface area contributed by atoms with Gasteiger partial charge in [-0.2, -0.15) is 10.5 Å². The van der Waals surface area contributed by atoms with Crippen molar-refractivity contribution in [3.63, 3.8) is 0 Å². The molecule has 6 heteroatoms. The molecule has 1 unspecified atom stereocenters. The zero-order valence-electron chi connectivity index (χ0n) is 9.39. The first-order chi connectivity index (χ1) is 8.98. The molecular formula is C13H6Cl2N2O2. The minimum absolute atomic E-state index is 0.134. The minimum Gasteiger partial charge on any atom is -0.506 e. The molecule has 0 heterocycles. The maximum Gasteiger partial charge on any atom is 0.192 e. The second-order valence-corrected chi connectivity index (χ2v) is 4.91. The van der Waals surface area contributed by atoms with Crippen molar-refractivity contribution < 1.29 is 9.90 Å². The number of nitrogens with zero attached hydrogens (tertiary/aromatic N) is 2. The van der Waals surface area contributed by atoms with E-state index in [1.807, 2.05) is 0 Å². The van der Waals surface area contributed by atoms with Gasteiger partial charge in [0.2, 0.25) is 0 Å². The van der Waals surface area contributed by atoms with E-state index in [1.165, 1.54) is 12.1 Å². The number of aliphatic hydroxyl groups is 1. The van der Waals surface area contributed by atoms with Crippen molar-refractivity contribution >= 4 is 34.7 Å². The standard InChI is InChI=1S/C13H6Cl2N2O2/c14-11-10(18)8-3-1-2-4-9(8)12(19)13(11,15)7(5-16)6-17/h1-4,7,18H. The molecule has 0 saturated heterocycles. The Morgan fingerprint density at radius 3 is 2.26 bits per heavy atom. The molecule has 1 N–H and O–H groups in total. The Labute approximate surface area is 119 Å². The van der Waals surface area contributed by atoms with E-state index < -0.39 is 21.6 Å². The van der Waals surface area contributed by atoms with Crippen LogP contribution < -0.4 is 0 Å². The van der Waals surface area contributed by atoms with Crippen molar-refractivity contribution in [2.24, 2.45) is 5.92 Å². The van der Waals surface area contributed by atoms with Crippen molar-refractivity contribution in [3.05, 3.63) is 40.4 Å². The first-order valence-corrected chi connectivity index (χ1v) is 5.95. The zero-order chi connectivity index (χ0) is 14.2. The molecule has 1 aliphatic carbocycles. The number of hydrogen-bond acceptors (Lipinski definition) is 4. The number of hydrogen-bond donors (Lipinski definition) is 1. The SMILES string of the molecule is N#CC(C#N)C1(Cl)C(=O)c2ccccc2C(O)=C1Cl. The predicted octanol–water partition coefficient (Wildman–Crippen LogP) is 2.99. The summed E-state index contributed by atoms with van der Waals surface area (Å²) in [5, 5.41) is 27.5. The molecule has 0 spiro atoms. The van der Waals surface area contributed by atoms with E-state index in [9.17, 15) is 9.90 Å². The zero-order valence-corrected chi connectivity index (χ0v) is 10.9. The number of Topliss-reactive ketones (excluding diaryl/α,β-unsaturated/α-hetero) is 1. The normalized spacial score (nSPS) is 21.8. The summed E-state index contributed by atoms with van der Waals surface area (Å²) in [5.74, 6) is -2.55. The maximum atomic E-state index is 12.4. The number of ketones is 1. The molecule has 1 atom stereocenters. The van der Waals surface area contributed by atoms with Crippen LogP contribution in [0.1, 0.15) is 15.9 Å². The second-order valence-electron chi connectivity index (χ2n) is 3.94. The molecule has 94 valence electrons. The average molecular weight is 293 g/mol. The molecule has 4 nitrogen and oxygen atoms in total. The fraction of sp³-hybridized carbons (Fsp3) is 0.154. The first kappa shape index (κ1) is 13.4. The number of carbonyl (C=O) groups is 1. The molecule has 19 heavy (non-hydrogen) atoms. The van der Waals surface area contributed by atoms with Crippen LogP contribution in [0.15, 0.2) is 29.3 Å². The number of halogens is 2. The number of allylic oxidation sites excluding steroid dienone is 1. The summed E-state index contributed by atoms with van der Waals surface area (Å²) in [7, 11) is 0. The van der Waals surface area contributed by atoms with Gasteiger partial charge in [-0.1, -0.05) is 35.9 Å². The monoisotopic (exact) mass is 292 g/mol. The predicted molar refractivity (Wildman–Crippen MR) is 69.5 cm³/mol. The summed E-state index contributed by atoms with van der Waals surface area (Å²) in [5.41, 5.74) is 0.373. The van der Waals surface area contributed by atoms with Crippen LogP contribution in [-0.2, 0) is 0 Å². The van der Waals surface area contributed by atoms with Crippen LogP contribution in [0.3, 0.4) is 0 Å². The van der Waals surface area contributed by atoms with E-state index in [2.05, 4.69) is 0 Å². The highest BCUT2D eigenvalue weighted by molar-refractivity contribution is 6.51. The van der Waals surface area contributed by atoms with Crippen LogP contribution in [-0.4, -0.2) is 15.8 Å². The maximum absolute atomic E-state index is 12.4. The van der Waals surface area contributed by atoms with Crippen LogP contribution in [0.5, 0.6) is 0 Å². The van der Waals surface area contributed by atoms with E-state index in [4.69, 9.17) is 33.7 Å². The molecule has 1 aromatic rings. The number of aliphatic hydroxyl groups excluding tert-OH is 1. The third kappa shape index (κ3) is 1.69. The Kier molecular flexibility index (Phi) is 3.24. The van der Waals surface area contributed by atoms with Crippen LogP contribution in [0.25, 0.3) is 5.76 Å². The van der Waals surface area contributed by atoms with E-state index in [1.54, 1.807) is 24.3 Å². The van der Waals surface area contributed by atoms with Crippen molar-refractivity contribution in [2.75, 3.05) is 0 Å². The minimum atomic E-state index is -2.07. The molecule has 1 aliphatic rings. The number of nitriles is 2. The van der Waals surface area contributed by atoms with Gasteiger partial charge in [0.25, 0.3) is 0 Å². The van der Waals surface area contributed by atoms with E-state index >= 15 is 0 Å². The summed E-state index contributed by atoms with van der Waals surface area (Å²) >= 11 is 12.0. The Bertz CT molecular complexity index is 671. The molecule has 0 fully saturated rings. The number of rotatable bonds is 1. The van der Waals surface area contributed by atoms with Gasteiger partial charge in [-0.15, -0.1) is 11.6 Å². The van der Waals surface area contributed by atoms with Gasteiger partial charge in [0, 0.05) is 11.1 Å². The van der Waals surface area contributed by atoms with Gasteiger partial charge in [-0.3, -0.25) is 4.79 Å². The smallest absolute Gasteiger partial charge is 0.192 e. The fourth-order valence-corrected chi connectivity index (χ4v) is 2.52. The molecule has 0 aliphatic heterocycles. The second kappa shape index (κ2) is 4.59. The van der Waals surface area contributed by atoms with Gasteiger partial charge in [-0.05, 0) is 0 Å². The number of carbonyl (C=O) groups excluding carboxylic acids is 1. The van der Waals surface area contributed by atoms with Gasteiger partial charge in [0.1, 0.15) is 5.76 Å². The lowest BCUT2D eigenvalue weighted by Crippen LogP contribution is -2.43. The van der Waals surface area contributed by atoms with Crippen molar-refractivity contribution in [3.8, 4) is 12.1 Å².